The molecular formula is C15H14BrNO5. The second-order valence-electron chi connectivity index (χ2n) is 4.34. The van der Waals surface area contributed by atoms with E-state index in [0.717, 1.165) is 0 Å². The van der Waals surface area contributed by atoms with Crippen molar-refractivity contribution in [2.24, 2.45) is 0 Å². The minimum absolute atomic E-state index is 0.0174. The summed E-state index contributed by atoms with van der Waals surface area (Å²) in [6, 6.07) is 9.97. The number of benzene rings is 1. The fourth-order valence-corrected chi connectivity index (χ4v) is 1.98. The molecule has 2 rings (SSSR count). The fourth-order valence-electron chi connectivity index (χ4n) is 1.68. The highest BCUT2D eigenvalue weighted by Gasteiger charge is 2.21. The Kier molecular flexibility index (Phi) is 5.21. The van der Waals surface area contributed by atoms with Gasteiger partial charge in [0.25, 0.3) is 5.91 Å². The van der Waals surface area contributed by atoms with Gasteiger partial charge >= 0.3 is 5.97 Å². The van der Waals surface area contributed by atoms with Gasteiger partial charge in [0.2, 0.25) is 5.76 Å². The average Bonchev–Trinajstić information content (AvgIpc) is 2.94. The molecule has 7 heteroatoms. The minimum Gasteiger partial charge on any atom is -0.495 e. The number of methoxy groups -OCH3 is 1. The summed E-state index contributed by atoms with van der Waals surface area (Å²) in [7, 11) is 1.50. The Hall–Kier alpha value is -2.28. The van der Waals surface area contributed by atoms with Crippen molar-refractivity contribution in [3.63, 3.8) is 0 Å². The second-order valence-corrected chi connectivity index (χ2v) is 5.12. The van der Waals surface area contributed by atoms with E-state index in [1.54, 1.807) is 30.3 Å². The van der Waals surface area contributed by atoms with Crippen molar-refractivity contribution in [1.29, 1.82) is 0 Å². The van der Waals surface area contributed by atoms with Crippen LogP contribution in [-0.2, 0) is 9.53 Å². The largest absolute Gasteiger partial charge is 0.495 e. The quantitative estimate of drug-likeness (QED) is 0.820. The van der Waals surface area contributed by atoms with Crippen LogP contribution in [0.5, 0.6) is 5.75 Å². The number of para-hydroxylation sites is 2. The van der Waals surface area contributed by atoms with Crippen molar-refractivity contribution in [2.75, 3.05) is 12.4 Å². The van der Waals surface area contributed by atoms with E-state index in [2.05, 4.69) is 21.2 Å². The number of anilines is 1. The van der Waals surface area contributed by atoms with Crippen molar-refractivity contribution < 1.29 is 23.5 Å². The maximum Gasteiger partial charge on any atom is 0.375 e. The predicted molar refractivity (Wildman–Crippen MR) is 82.9 cm³/mol. The molecule has 2 aromatic rings. The Morgan fingerprint density at radius 3 is 2.59 bits per heavy atom. The van der Waals surface area contributed by atoms with Crippen LogP contribution in [0.1, 0.15) is 17.5 Å². The maximum absolute atomic E-state index is 12.1. The highest BCUT2D eigenvalue weighted by Crippen LogP contribution is 2.23. The summed E-state index contributed by atoms with van der Waals surface area (Å²) in [5, 5.41) is 2.64. The van der Waals surface area contributed by atoms with Crippen LogP contribution in [0.2, 0.25) is 0 Å². The molecule has 1 aromatic heterocycles. The molecule has 1 aromatic carbocycles. The van der Waals surface area contributed by atoms with Crippen LogP contribution in [0.15, 0.2) is 45.5 Å². The van der Waals surface area contributed by atoms with Gasteiger partial charge < -0.3 is 19.2 Å². The van der Waals surface area contributed by atoms with Crippen molar-refractivity contribution in [3.8, 4) is 5.75 Å². The van der Waals surface area contributed by atoms with E-state index in [4.69, 9.17) is 13.9 Å². The van der Waals surface area contributed by atoms with Gasteiger partial charge in [0.15, 0.2) is 10.8 Å². The number of rotatable bonds is 5. The molecule has 6 nitrogen and oxygen atoms in total. The van der Waals surface area contributed by atoms with E-state index in [-0.39, 0.29) is 5.76 Å². The molecule has 116 valence electrons. The fraction of sp³-hybridized carbons (Fsp3) is 0.200. The van der Waals surface area contributed by atoms with Crippen LogP contribution in [0.25, 0.3) is 0 Å². The van der Waals surface area contributed by atoms with Crippen molar-refractivity contribution in [2.45, 2.75) is 13.0 Å². The van der Waals surface area contributed by atoms with Gasteiger partial charge in [-0.1, -0.05) is 12.1 Å². The molecule has 0 aliphatic heterocycles. The van der Waals surface area contributed by atoms with Crippen molar-refractivity contribution in [3.05, 3.63) is 46.8 Å². The molecule has 0 fully saturated rings. The van der Waals surface area contributed by atoms with Crippen molar-refractivity contribution in [1.82, 2.24) is 0 Å². The van der Waals surface area contributed by atoms with Crippen LogP contribution >= 0.6 is 15.9 Å². The lowest BCUT2D eigenvalue weighted by Gasteiger charge is -2.14. The molecule has 0 aliphatic carbocycles. The van der Waals surface area contributed by atoms with Gasteiger partial charge in [-0.25, -0.2) is 4.79 Å². The number of furan rings is 1. The molecular weight excluding hydrogens is 354 g/mol. The molecule has 0 spiro atoms. The van der Waals surface area contributed by atoms with Crippen LogP contribution in [0.3, 0.4) is 0 Å². The average molecular weight is 368 g/mol. The van der Waals surface area contributed by atoms with Gasteiger partial charge in [-0.2, -0.15) is 0 Å². The molecule has 0 saturated carbocycles. The summed E-state index contributed by atoms with van der Waals surface area (Å²) < 4.78 is 15.7. The molecule has 1 N–H and O–H groups in total. The lowest BCUT2D eigenvalue weighted by molar-refractivity contribution is -0.123. The van der Waals surface area contributed by atoms with Crippen LogP contribution < -0.4 is 10.1 Å². The Labute approximate surface area is 135 Å². The molecule has 1 heterocycles. The molecule has 0 bridgehead atoms. The Balaban J connectivity index is 1.99. The first kappa shape index (κ1) is 16.1. The SMILES string of the molecule is COc1ccccc1NC(=O)[C@@H](C)OC(=O)c1ccc(Br)o1. The number of esters is 1. The van der Waals surface area contributed by atoms with E-state index in [9.17, 15) is 9.59 Å². The van der Waals surface area contributed by atoms with E-state index >= 15 is 0 Å². The zero-order valence-corrected chi connectivity index (χ0v) is 13.5. The molecule has 0 unspecified atom stereocenters. The number of carbonyl (C=O) groups excluding carboxylic acids is 2. The summed E-state index contributed by atoms with van der Waals surface area (Å²) in [5.74, 6) is -0.648. The first-order valence-corrected chi connectivity index (χ1v) is 7.20. The third-order valence-corrected chi connectivity index (χ3v) is 3.22. The lowest BCUT2D eigenvalue weighted by atomic mass is 10.2. The Morgan fingerprint density at radius 2 is 1.95 bits per heavy atom. The monoisotopic (exact) mass is 367 g/mol. The predicted octanol–water partition coefficient (Wildman–Crippen LogP) is 3.23. The van der Waals surface area contributed by atoms with E-state index in [1.165, 1.54) is 20.1 Å². The normalized spacial score (nSPS) is 11.6. The van der Waals surface area contributed by atoms with Gasteiger partial charge in [-0.05, 0) is 47.1 Å². The number of hydrogen-bond donors (Lipinski definition) is 1. The zero-order valence-electron chi connectivity index (χ0n) is 12.0. The first-order chi connectivity index (χ1) is 10.5. The van der Waals surface area contributed by atoms with Crippen LogP contribution in [0, 0.1) is 0 Å². The van der Waals surface area contributed by atoms with Crippen LogP contribution in [-0.4, -0.2) is 25.1 Å². The number of hydrogen-bond acceptors (Lipinski definition) is 5. The maximum atomic E-state index is 12.1. The highest BCUT2D eigenvalue weighted by atomic mass is 79.9. The molecule has 0 radical (unpaired) electrons. The van der Waals surface area contributed by atoms with E-state index < -0.39 is 18.0 Å². The topological polar surface area (TPSA) is 77.8 Å². The third-order valence-electron chi connectivity index (χ3n) is 2.79. The molecule has 0 saturated heterocycles. The number of nitrogens with one attached hydrogen (secondary N) is 1. The van der Waals surface area contributed by atoms with Gasteiger partial charge in [-0.3, -0.25) is 4.79 Å². The number of ether oxygens (including phenoxy) is 2. The van der Waals surface area contributed by atoms with E-state index in [0.29, 0.717) is 16.1 Å². The summed E-state index contributed by atoms with van der Waals surface area (Å²) in [6.45, 7) is 1.47. The van der Waals surface area contributed by atoms with Gasteiger partial charge in [0, 0.05) is 0 Å². The summed E-state index contributed by atoms with van der Waals surface area (Å²) in [5.41, 5.74) is 0.499. The Bertz CT molecular complexity index is 682. The van der Waals surface area contributed by atoms with Gasteiger partial charge in [0.1, 0.15) is 5.75 Å². The molecule has 1 atom stereocenters. The summed E-state index contributed by atoms with van der Waals surface area (Å²) >= 11 is 3.09. The standard InChI is InChI=1S/C15H14BrNO5/c1-9(21-15(19)12-7-8-13(16)22-12)14(18)17-10-5-3-4-6-11(10)20-2/h3-9H,1-2H3,(H,17,18)/t9-/m1/s1. The second kappa shape index (κ2) is 7.13. The number of halogens is 1. The summed E-state index contributed by atoms with van der Waals surface area (Å²) in [6.07, 6.45) is -0.985. The first-order valence-electron chi connectivity index (χ1n) is 6.41. The molecule has 0 aliphatic rings. The van der Waals surface area contributed by atoms with Gasteiger partial charge in [-0.15, -0.1) is 0 Å². The third kappa shape index (κ3) is 3.88. The zero-order chi connectivity index (χ0) is 16.1. The lowest BCUT2D eigenvalue weighted by Crippen LogP contribution is -2.30. The van der Waals surface area contributed by atoms with Gasteiger partial charge in [0.05, 0.1) is 12.8 Å². The molecule has 1 amide bonds. The smallest absolute Gasteiger partial charge is 0.375 e. The Morgan fingerprint density at radius 1 is 1.23 bits per heavy atom. The minimum atomic E-state index is -0.985. The van der Waals surface area contributed by atoms with Crippen molar-refractivity contribution >= 4 is 33.5 Å². The highest BCUT2D eigenvalue weighted by molar-refractivity contribution is 9.10. The van der Waals surface area contributed by atoms with Crippen LogP contribution in [0.4, 0.5) is 5.69 Å². The van der Waals surface area contributed by atoms with E-state index in [1.807, 2.05) is 0 Å². The number of carbonyl (C=O) groups is 2. The number of amides is 1. The summed E-state index contributed by atoms with van der Waals surface area (Å²) in [4.78, 5) is 23.9. The molecule has 22 heavy (non-hydrogen) atoms.